The van der Waals surface area contributed by atoms with Crippen molar-refractivity contribution < 1.29 is 28.9 Å². The summed E-state index contributed by atoms with van der Waals surface area (Å²) in [4.78, 5) is 30.0. The molecule has 1 amide bonds. The van der Waals surface area contributed by atoms with E-state index < -0.39 is 17.7 Å². The van der Waals surface area contributed by atoms with Crippen molar-refractivity contribution in [1.82, 2.24) is 9.80 Å². The monoisotopic (exact) mass is 494 g/mol. The van der Waals surface area contributed by atoms with E-state index in [-0.39, 0.29) is 23.5 Å². The van der Waals surface area contributed by atoms with Gasteiger partial charge in [-0.2, -0.15) is 0 Å². The summed E-state index contributed by atoms with van der Waals surface area (Å²) >= 11 is 0. The summed E-state index contributed by atoms with van der Waals surface area (Å²) < 4.78 is 17.2. The Kier molecular flexibility index (Phi) is 7.26. The largest absolute Gasteiger partial charge is 0.507 e. The van der Waals surface area contributed by atoms with Gasteiger partial charge in [-0.3, -0.25) is 9.59 Å². The van der Waals surface area contributed by atoms with E-state index in [9.17, 15) is 14.7 Å². The Morgan fingerprint density at radius 2 is 1.92 bits per heavy atom. The molecule has 0 saturated carbocycles. The van der Waals surface area contributed by atoms with Crippen LogP contribution in [0.1, 0.15) is 43.5 Å². The fourth-order valence-electron chi connectivity index (χ4n) is 4.70. The van der Waals surface area contributed by atoms with Crippen molar-refractivity contribution in [2.45, 2.75) is 45.4 Å². The van der Waals surface area contributed by atoms with Gasteiger partial charge in [0.1, 0.15) is 17.6 Å². The number of hydrogen-bond acceptors (Lipinski definition) is 7. The Labute approximate surface area is 212 Å². The molecule has 2 unspecified atom stereocenters. The first kappa shape index (κ1) is 25.6. The molecule has 2 aliphatic rings. The zero-order valence-corrected chi connectivity index (χ0v) is 21.7. The lowest BCUT2D eigenvalue weighted by Gasteiger charge is -2.27. The third-order valence-electron chi connectivity index (χ3n) is 6.36. The number of amides is 1. The molecule has 0 aliphatic carbocycles. The minimum atomic E-state index is -0.768. The van der Waals surface area contributed by atoms with E-state index in [0.29, 0.717) is 42.1 Å². The molecule has 0 spiro atoms. The fourth-order valence-corrected chi connectivity index (χ4v) is 4.70. The molecule has 0 radical (unpaired) electrons. The highest BCUT2D eigenvalue weighted by Crippen LogP contribution is 2.42. The maximum atomic E-state index is 13.3. The average Bonchev–Trinajstić information content (AvgIpc) is 3.32. The summed E-state index contributed by atoms with van der Waals surface area (Å²) in [5.74, 6) is 0.283. The van der Waals surface area contributed by atoms with Crippen LogP contribution >= 0.6 is 0 Å². The third-order valence-corrected chi connectivity index (χ3v) is 6.36. The molecular formula is C28H34N2O6. The van der Waals surface area contributed by atoms with E-state index in [0.717, 1.165) is 11.3 Å². The molecule has 0 aromatic heterocycles. The Morgan fingerprint density at radius 3 is 2.58 bits per heavy atom. The van der Waals surface area contributed by atoms with Crippen LogP contribution in [0.25, 0.3) is 5.76 Å². The summed E-state index contributed by atoms with van der Waals surface area (Å²) in [6.45, 7) is 6.71. The van der Waals surface area contributed by atoms with E-state index in [1.54, 1.807) is 31.4 Å². The minimum absolute atomic E-state index is 0.0491. The molecule has 1 fully saturated rings. The lowest BCUT2D eigenvalue weighted by atomic mass is 9.94. The number of nitrogens with zero attached hydrogens (tertiary/aromatic N) is 2. The number of carbonyl (C=O) groups excluding carboxylic acids is 2. The molecule has 2 heterocycles. The van der Waals surface area contributed by atoms with Gasteiger partial charge in [0.05, 0.1) is 24.8 Å². The van der Waals surface area contributed by atoms with Gasteiger partial charge in [-0.1, -0.05) is 6.07 Å². The van der Waals surface area contributed by atoms with Gasteiger partial charge in [0, 0.05) is 25.1 Å². The Morgan fingerprint density at radius 1 is 1.17 bits per heavy atom. The summed E-state index contributed by atoms with van der Waals surface area (Å²) in [6.07, 6.45) is 0.709. The SMILES string of the molecule is COc1cc(C2/C(=C(\O)c3ccc4c(c3)CC(C)O4)C(=O)C(=O)N2CCN(C)C)ccc1OC(C)C. The highest BCUT2D eigenvalue weighted by Gasteiger charge is 2.46. The van der Waals surface area contributed by atoms with Gasteiger partial charge in [0.25, 0.3) is 11.7 Å². The number of likely N-dealkylation sites (tertiary alicyclic amines) is 1. The molecule has 8 heteroatoms. The van der Waals surface area contributed by atoms with Gasteiger partial charge in [-0.25, -0.2) is 0 Å². The Balaban J connectivity index is 1.83. The number of aliphatic hydroxyl groups is 1. The first-order valence-electron chi connectivity index (χ1n) is 12.2. The molecule has 2 atom stereocenters. The van der Waals surface area contributed by atoms with Crippen LogP contribution < -0.4 is 14.2 Å². The number of benzene rings is 2. The van der Waals surface area contributed by atoms with Crippen molar-refractivity contribution in [3.05, 3.63) is 58.7 Å². The lowest BCUT2D eigenvalue weighted by Crippen LogP contribution is -2.35. The number of carbonyl (C=O) groups is 2. The van der Waals surface area contributed by atoms with Crippen molar-refractivity contribution >= 4 is 17.4 Å². The van der Waals surface area contributed by atoms with Crippen LogP contribution in [0.15, 0.2) is 42.0 Å². The quantitative estimate of drug-likeness (QED) is 0.339. The standard InChI is InChI=1S/C28H34N2O6/c1-16(2)35-22-10-7-18(15-23(22)34-6)25-24(27(32)28(33)30(25)12-11-29(4)5)26(31)19-8-9-21-20(14-19)13-17(3)36-21/h7-10,14-17,25,31H,11-13H2,1-6H3/b26-24+. The summed E-state index contributed by atoms with van der Waals surface area (Å²) in [5.41, 5.74) is 2.15. The van der Waals surface area contributed by atoms with Gasteiger partial charge < -0.3 is 29.1 Å². The average molecular weight is 495 g/mol. The van der Waals surface area contributed by atoms with Crippen molar-refractivity contribution in [1.29, 1.82) is 0 Å². The number of aliphatic hydroxyl groups excluding tert-OH is 1. The van der Waals surface area contributed by atoms with Crippen LogP contribution in [0.3, 0.4) is 0 Å². The number of ketones is 1. The van der Waals surface area contributed by atoms with Crippen molar-refractivity contribution in [2.75, 3.05) is 34.3 Å². The molecule has 2 aromatic carbocycles. The number of fused-ring (bicyclic) bond motifs is 1. The van der Waals surface area contributed by atoms with Crippen molar-refractivity contribution in [3.63, 3.8) is 0 Å². The number of likely N-dealkylation sites (N-methyl/N-ethyl adjacent to an activating group) is 1. The van der Waals surface area contributed by atoms with Crippen molar-refractivity contribution in [2.24, 2.45) is 0 Å². The van der Waals surface area contributed by atoms with Crippen molar-refractivity contribution in [3.8, 4) is 17.2 Å². The maximum Gasteiger partial charge on any atom is 0.295 e. The smallest absolute Gasteiger partial charge is 0.295 e. The second-order valence-corrected chi connectivity index (χ2v) is 9.83. The van der Waals surface area contributed by atoms with Crippen LogP contribution in [-0.4, -0.2) is 73.1 Å². The van der Waals surface area contributed by atoms with Gasteiger partial charge >= 0.3 is 0 Å². The molecule has 1 N–H and O–H groups in total. The predicted molar refractivity (Wildman–Crippen MR) is 137 cm³/mol. The first-order valence-corrected chi connectivity index (χ1v) is 12.2. The van der Waals surface area contributed by atoms with E-state index in [2.05, 4.69) is 0 Å². The van der Waals surface area contributed by atoms with E-state index in [1.807, 2.05) is 51.9 Å². The Bertz CT molecular complexity index is 1200. The molecule has 0 bridgehead atoms. The van der Waals surface area contributed by atoms with Gasteiger partial charge in [0.2, 0.25) is 0 Å². The van der Waals surface area contributed by atoms with Crippen LogP contribution in [0.2, 0.25) is 0 Å². The lowest BCUT2D eigenvalue weighted by molar-refractivity contribution is -0.140. The van der Waals surface area contributed by atoms with Crippen LogP contribution in [0.5, 0.6) is 17.2 Å². The predicted octanol–water partition coefficient (Wildman–Crippen LogP) is 3.79. The zero-order chi connectivity index (χ0) is 26.1. The van der Waals surface area contributed by atoms with Crippen LogP contribution in [0, 0.1) is 0 Å². The maximum absolute atomic E-state index is 13.3. The van der Waals surface area contributed by atoms with Crippen LogP contribution in [-0.2, 0) is 16.0 Å². The summed E-state index contributed by atoms with van der Waals surface area (Å²) in [7, 11) is 5.35. The molecule has 4 rings (SSSR count). The second kappa shape index (κ2) is 10.2. The third kappa shape index (κ3) is 4.91. The Hall–Kier alpha value is -3.52. The number of Topliss-reactive ketones (excluding diaryl/α,β-unsaturated/α-hetero) is 1. The summed E-state index contributed by atoms with van der Waals surface area (Å²) in [6, 6.07) is 9.93. The molecule has 8 nitrogen and oxygen atoms in total. The van der Waals surface area contributed by atoms with Crippen LogP contribution in [0.4, 0.5) is 0 Å². The zero-order valence-electron chi connectivity index (χ0n) is 21.7. The normalized spacial score (nSPS) is 20.7. The fraction of sp³-hybridized carbons (Fsp3) is 0.429. The summed E-state index contributed by atoms with van der Waals surface area (Å²) in [5, 5.41) is 11.4. The topological polar surface area (TPSA) is 88.5 Å². The van der Waals surface area contributed by atoms with Gasteiger partial charge in [0.15, 0.2) is 11.5 Å². The minimum Gasteiger partial charge on any atom is -0.507 e. The number of methoxy groups -OCH3 is 1. The molecule has 1 saturated heterocycles. The highest BCUT2D eigenvalue weighted by molar-refractivity contribution is 6.46. The number of rotatable bonds is 8. The van der Waals surface area contributed by atoms with Gasteiger partial charge in [-0.15, -0.1) is 0 Å². The molecule has 36 heavy (non-hydrogen) atoms. The highest BCUT2D eigenvalue weighted by atomic mass is 16.5. The number of ether oxygens (including phenoxy) is 3. The van der Waals surface area contributed by atoms with E-state index in [1.165, 1.54) is 4.90 Å². The molecular weight excluding hydrogens is 460 g/mol. The first-order chi connectivity index (χ1) is 17.1. The van der Waals surface area contributed by atoms with E-state index >= 15 is 0 Å². The molecule has 2 aliphatic heterocycles. The molecule has 192 valence electrons. The van der Waals surface area contributed by atoms with Gasteiger partial charge in [-0.05, 0) is 76.3 Å². The second-order valence-electron chi connectivity index (χ2n) is 9.83. The molecule has 2 aromatic rings. The number of hydrogen-bond donors (Lipinski definition) is 1. The van der Waals surface area contributed by atoms with E-state index in [4.69, 9.17) is 14.2 Å².